The predicted octanol–water partition coefficient (Wildman–Crippen LogP) is 5.57. The Bertz CT molecular complexity index is 1440. The summed E-state index contributed by atoms with van der Waals surface area (Å²) in [5.74, 6) is -1.50. The van der Waals surface area contributed by atoms with Crippen LogP contribution in [0.2, 0.25) is 0 Å². The average Bonchev–Trinajstić information content (AvgIpc) is 3.44. The standard InChI is InChI=1S/C30H33BrFN3O4S/c1-21-11-17-27(18-12-21)40(38,39)35(26-15-13-24(31)14-16-26)20-29(36)34(19-23-7-3-6-10-28(23)32)22(2)30(37)33-25-8-4-5-9-25/h3,6-7,10-18,22,25H,4-5,8-9,19-20H2,1-2H3,(H,33,37). The molecule has 1 unspecified atom stereocenters. The molecule has 3 aromatic rings. The number of carbonyl (C=O) groups excluding carboxylic acids is 2. The quantitative estimate of drug-likeness (QED) is 0.318. The number of carbonyl (C=O) groups is 2. The van der Waals surface area contributed by atoms with Crippen molar-refractivity contribution in [3.05, 3.63) is 94.2 Å². The zero-order valence-electron chi connectivity index (χ0n) is 22.5. The van der Waals surface area contributed by atoms with Gasteiger partial charge in [0, 0.05) is 22.6 Å². The third-order valence-electron chi connectivity index (χ3n) is 7.17. The van der Waals surface area contributed by atoms with Gasteiger partial charge in [-0.2, -0.15) is 0 Å². The summed E-state index contributed by atoms with van der Waals surface area (Å²) in [5, 5.41) is 3.00. The summed E-state index contributed by atoms with van der Waals surface area (Å²) in [5.41, 5.74) is 1.40. The fourth-order valence-electron chi connectivity index (χ4n) is 4.76. The summed E-state index contributed by atoms with van der Waals surface area (Å²) in [7, 11) is -4.16. The van der Waals surface area contributed by atoms with E-state index in [1.54, 1.807) is 61.5 Å². The number of aryl methyl sites for hydroxylation is 1. The molecule has 0 radical (unpaired) electrons. The summed E-state index contributed by atoms with van der Waals surface area (Å²) in [4.78, 5) is 28.4. The first kappa shape index (κ1) is 29.7. The van der Waals surface area contributed by atoms with Crippen molar-refractivity contribution in [1.29, 1.82) is 0 Å². The highest BCUT2D eigenvalue weighted by atomic mass is 79.9. The number of anilines is 1. The number of halogens is 2. The average molecular weight is 631 g/mol. The monoisotopic (exact) mass is 629 g/mol. The number of rotatable bonds is 10. The fourth-order valence-corrected chi connectivity index (χ4v) is 6.44. The van der Waals surface area contributed by atoms with Crippen molar-refractivity contribution in [2.75, 3.05) is 10.8 Å². The molecule has 10 heteroatoms. The smallest absolute Gasteiger partial charge is 0.264 e. The van der Waals surface area contributed by atoms with E-state index in [4.69, 9.17) is 0 Å². The lowest BCUT2D eigenvalue weighted by atomic mass is 10.1. The predicted molar refractivity (Wildman–Crippen MR) is 157 cm³/mol. The van der Waals surface area contributed by atoms with E-state index in [-0.39, 0.29) is 34.6 Å². The second kappa shape index (κ2) is 13.0. The topological polar surface area (TPSA) is 86.8 Å². The van der Waals surface area contributed by atoms with E-state index in [0.29, 0.717) is 0 Å². The van der Waals surface area contributed by atoms with E-state index in [2.05, 4.69) is 21.2 Å². The number of nitrogens with one attached hydrogen (secondary N) is 1. The molecule has 0 aliphatic heterocycles. The molecule has 3 aromatic carbocycles. The Balaban J connectivity index is 1.69. The highest BCUT2D eigenvalue weighted by Gasteiger charge is 2.33. The molecule has 0 saturated heterocycles. The molecule has 1 aliphatic carbocycles. The van der Waals surface area contributed by atoms with Crippen LogP contribution in [0.15, 0.2) is 82.2 Å². The van der Waals surface area contributed by atoms with Crippen LogP contribution in [-0.4, -0.2) is 43.8 Å². The lowest BCUT2D eigenvalue weighted by Crippen LogP contribution is -2.52. The van der Waals surface area contributed by atoms with Crippen LogP contribution in [0.3, 0.4) is 0 Å². The van der Waals surface area contributed by atoms with Crippen LogP contribution >= 0.6 is 15.9 Å². The van der Waals surface area contributed by atoms with Gasteiger partial charge in [-0.15, -0.1) is 0 Å². The summed E-state index contributed by atoms with van der Waals surface area (Å²) < 4.78 is 44.1. The molecule has 4 rings (SSSR count). The number of benzene rings is 3. The molecule has 1 N–H and O–H groups in total. The number of amides is 2. The maximum atomic E-state index is 14.7. The summed E-state index contributed by atoms with van der Waals surface area (Å²) in [6.45, 7) is 2.67. The third-order valence-corrected chi connectivity index (χ3v) is 9.49. The van der Waals surface area contributed by atoms with E-state index in [0.717, 1.165) is 40.0 Å². The van der Waals surface area contributed by atoms with Crippen molar-refractivity contribution in [2.24, 2.45) is 0 Å². The molecule has 212 valence electrons. The molecule has 40 heavy (non-hydrogen) atoms. The van der Waals surface area contributed by atoms with E-state index in [9.17, 15) is 22.4 Å². The van der Waals surface area contributed by atoms with E-state index in [1.165, 1.54) is 23.1 Å². The second-order valence-corrected chi connectivity index (χ2v) is 12.9. The molecule has 0 bridgehead atoms. The van der Waals surface area contributed by atoms with Gasteiger partial charge in [-0.1, -0.05) is 64.7 Å². The van der Waals surface area contributed by atoms with Crippen LogP contribution in [0.5, 0.6) is 0 Å². The molecular formula is C30H33BrFN3O4S. The zero-order chi connectivity index (χ0) is 28.9. The highest BCUT2D eigenvalue weighted by Crippen LogP contribution is 2.27. The van der Waals surface area contributed by atoms with E-state index >= 15 is 0 Å². The number of nitrogens with zero attached hydrogens (tertiary/aromatic N) is 2. The van der Waals surface area contributed by atoms with Gasteiger partial charge >= 0.3 is 0 Å². The molecule has 0 aromatic heterocycles. The van der Waals surface area contributed by atoms with Crippen molar-refractivity contribution < 1.29 is 22.4 Å². The Hall–Kier alpha value is -3.24. The van der Waals surface area contributed by atoms with Crippen LogP contribution in [-0.2, 0) is 26.2 Å². The number of hydrogen-bond donors (Lipinski definition) is 1. The Morgan fingerprint density at radius 2 is 1.62 bits per heavy atom. The van der Waals surface area contributed by atoms with E-state index < -0.39 is 34.3 Å². The molecule has 2 amide bonds. The molecule has 1 atom stereocenters. The van der Waals surface area contributed by atoms with Gasteiger partial charge in [0.1, 0.15) is 18.4 Å². The Morgan fingerprint density at radius 3 is 2.25 bits per heavy atom. The first-order valence-electron chi connectivity index (χ1n) is 13.2. The normalized spacial score (nSPS) is 14.5. The molecular weight excluding hydrogens is 597 g/mol. The number of sulfonamides is 1. The fraction of sp³-hybridized carbons (Fsp3) is 0.333. The molecule has 1 aliphatic rings. The first-order valence-corrected chi connectivity index (χ1v) is 15.5. The van der Waals surface area contributed by atoms with Crippen LogP contribution in [0.25, 0.3) is 0 Å². The first-order chi connectivity index (χ1) is 19.1. The highest BCUT2D eigenvalue weighted by molar-refractivity contribution is 9.10. The van der Waals surface area contributed by atoms with Gasteiger partial charge in [-0.25, -0.2) is 12.8 Å². The largest absolute Gasteiger partial charge is 0.352 e. The maximum absolute atomic E-state index is 14.7. The van der Waals surface area contributed by atoms with Gasteiger partial charge in [0.2, 0.25) is 11.8 Å². The van der Waals surface area contributed by atoms with Gasteiger partial charge < -0.3 is 10.2 Å². The minimum absolute atomic E-state index is 0.0292. The number of hydrogen-bond acceptors (Lipinski definition) is 4. The Kier molecular flexibility index (Phi) is 9.63. The van der Waals surface area contributed by atoms with Crippen LogP contribution < -0.4 is 9.62 Å². The van der Waals surface area contributed by atoms with Crippen molar-refractivity contribution in [3.8, 4) is 0 Å². The zero-order valence-corrected chi connectivity index (χ0v) is 24.9. The lowest BCUT2D eigenvalue weighted by molar-refractivity contribution is -0.139. The third kappa shape index (κ3) is 7.09. The summed E-state index contributed by atoms with van der Waals surface area (Å²) in [6, 6.07) is 18.0. The van der Waals surface area contributed by atoms with Crippen molar-refractivity contribution in [1.82, 2.24) is 10.2 Å². The maximum Gasteiger partial charge on any atom is 0.264 e. The van der Waals surface area contributed by atoms with Gasteiger partial charge in [0.25, 0.3) is 10.0 Å². The van der Waals surface area contributed by atoms with Crippen molar-refractivity contribution >= 4 is 43.5 Å². The minimum Gasteiger partial charge on any atom is -0.352 e. The van der Waals surface area contributed by atoms with E-state index in [1.807, 2.05) is 6.92 Å². The van der Waals surface area contributed by atoms with Crippen LogP contribution in [0, 0.1) is 12.7 Å². The van der Waals surface area contributed by atoms with Gasteiger partial charge in [-0.05, 0) is 69.2 Å². The molecule has 0 spiro atoms. The molecule has 7 nitrogen and oxygen atoms in total. The van der Waals surface area contributed by atoms with Crippen molar-refractivity contribution in [2.45, 2.75) is 63.1 Å². The van der Waals surface area contributed by atoms with Crippen LogP contribution in [0.4, 0.5) is 10.1 Å². The molecule has 1 fully saturated rings. The van der Waals surface area contributed by atoms with Crippen molar-refractivity contribution in [3.63, 3.8) is 0 Å². The lowest BCUT2D eigenvalue weighted by Gasteiger charge is -2.32. The summed E-state index contributed by atoms with van der Waals surface area (Å²) in [6.07, 6.45) is 3.78. The molecule has 1 saturated carbocycles. The SMILES string of the molecule is Cc1ccc(S(=O)(=O)N(CC(=O)N(Cc2ccccc2F)C(C)C(=O)NC2CCCC2)c2ccc(Br)cc2)cc1. The Labute approximate surface area is 243 Å². The minimum atomic E-state index is -4.16. The van der Waals surface area contributed by atoms with Gasteiger partial charge in [0.05, 0.1) is 10.6 Å². The Morgan fingerprint density at radius 1 is 1.00 bits per heavy atom. The van der Waals surface area contributed by atoms with Crippen LogP contribution in [0.1, 0.15) is 43.7 Å². The van der Waals surface area contributed by atoms with Gasteiger partial charge in [0.15, 0.2) is 0 Å². The van der Waals surface area contributed by atoms with Gasteiger partial charge in [-0.3, -0.25) is 13.9 Å². The molecule has 0 heterocycles. The summed E-state index contributed by atoms with van der Waals surface area (Å²) >= 11 is 3.36. The second-order valence-electron chi connectivity index (χ2n) is 10.1.